The summed E-state index contributed by atoms with van der Waals surface area (Å²) in [6.45, 7) is 0.337. The van der Waals surface area contributed by atoms with Crippen molar-refractivity contribution in [2.75, 3.05) is 6.61 Å². The van der Waals surface area contributed by atoms with Crippen LogP contribution >= 0.6 is 15.9 Å². The Morgan fingerprint density at radius 2 is 1.50 bits per heavy atom. The summed E-state index contributed by atoms with van der Waals surface area (Å²) in [5, 5.41) is 0. The Morgan fingerprint density at radius 1 is 0.917 bits per heavy atom. The molecule has 2 heterocycles. The van der Waals surface area contributed by atoms with Crippen LogP contribution in [0.3, 0.4) is 0 Å². The van der Waals surface area contributed by atoms with Crippen LogP contribution in [0.1, 0.15) is 69.8 Å². The first-order chi connectivity index (χ1) is 22.6. The third-order valence-corrected chi connectivity index (χ3v) is 11.5. The van der Waals surface area contributed by atoms with Crippen LogP contribution in [0.15, 0.2) is 57.9 Å². The molecule has 3 aliphatic rings. The summed E-state index contributed by atoms with van der Waals surface area (Å²) in [6, 6.07) is 3.55. The molecule has 2 aromatic rings. The molecule has 16 heteroatoms. The van der Waals surface area contributed by atoms with Gasteiger partial charge in [0.05, 0.1) is 11.5 Å². The zero-order chi connectivity index (χ0) is 34.9. The minimum absolute atomic E-state index is 0.218. The fraction of sp³-hybridized carbons (Fsp3) is 0.562. The van der Waals surface area contributed by atoms with E-state index in [1.165, 1.54) is 30.7 Å². The van der Waals surface area contributed by atoms with E-state index in [2.05, 4.69) is 20.8 Å². The number of fused-ring (bicyclic) bond motifs is 2. The van der Waals surface area contributed by atoms with E-state index in [-0.39, 0.29) is 24.6 Å². The summed E-state index contributed by atoms with van der Waals surface area (Å²) in [7, 11) is -5.55. The minimum Gasteiger partial charge on any atom is -0.494 e. The Labute approximate surface area is 284 Å². The first kappa shape index (κ1) is 36.5. The van der Waals surface area contributed by atoms with Gasteiger partial charge in [-0.05, 0) is 78.9 Å². The van der Waals surface area contributed by atoms with Crippen LogP contribution in [0.25, 0.3) is 0 Å². The van der Waals surface area contributed by atoms with E-state index >= 15 is 8.78 Å². The number of sulfonamides is 1. The van der Waals surface area contributed by atoms with Crippen molar-refractivity contribution < 1.29 is 49.5 Å². The van der Waals surface area contributed by atoms with Crippen LogP contribution in [-0.4, -0.2) is 66.6 Å². The molecule has 3 atom stereocenters. The number of nitrogens with zero attached hydrogens (tertiary/aromatic N) is 2. The zero-order valence-electron chi connectivity index (χ0n) is 25.9. The fourth-order valence-electron chi connectivity index (χ4n) is 6.93. The van der Waals surface area contributed by atoms with Gasteiger partial charge in [0.2, 0.25) is 6.04 Å². The number of halogens is 6. The molecular formula is C32H37BrF5N3O6S. The monoisotopic (exact) mass is 765 g/mol. The number of carbonyl (C=O) groups is 2. The van der Waals surface area contributed by atoms with Crippen molar-refractivity contribution in [1.29, 1.82) is 0 Å². The van der Waals surface area contributed by atoms with E-state index in [9.17, 15) is 31.2 Å². The number of ether oxygens (including phenoxy) is 1. The third kappa shape index (κ3) is 7.97. The van der Waals surface area contributed by atoms with Crippen LogP contribution < -0.4 is 10.5 Å². The first-order valence-electron chi connectivity index (χ1n) is 15.9. The average Bonchev–Trinajstić information content (AvgIpc) is 3.31. The molecule has 48 heavy (non-hydrogen) atoms. The number of hydrogen-bond acceptors (Lipinski definition) is 7. The fourth-order valence-corrected chi connectivity index (χ4v) is 8.55. The van der Waals surface area contributed by atoms with Gasteiger partial charge in [-0.25, -0.2) is 13.2 Å². The molecule has 9 nitrogen and oxygen atoms in total. The number of hydroxylamine groups is 1. The maximum absolute atomic E-state index is 16.6. The first-order valence-corrected chi connectivity index (χ1v) is 18.1. The maximum Gasteiger partial charge on any atom is 0.492 e. The van der Waals surface area contributed by atoms with Crippen molar-refractivity contribution in [2.24, 2.45) is 11.7 Å². The molecule has 5 rings (SSSR count). The van der Waals surface area contributed by atoms with Gasteiger partial charge in [0.1, 0.15) is 5.75 Å². The average molecular weight is 767 g/mol. The van der Waals surface area contributed by atoms with Crippen LogP contribution in [-0.2, 0) is 30.4 Å². The lowest BCUT2D eigenvalue weighted by Gasteiger charge is -2.42. The lowest BCUT2D eigenvalue weighted by Crippen LogP contribution is -2.62. The van der Waals surface area contributed by atoms with E-state index in [1.807, 2.05) is 0 Å². The molecule has 2 unspecified atom stereocenters. The van der Waals surface area contributed by atoms with Crippen molar-refractivity contribution in [3.05, 3.63) is 58.6 Å². The summed E-state index contributed by atoms with van der Waals surface area (Å²) >= 11 is 3.11. The number of benzene rings is 2. The van der Waals surface area contributed by atoms with Crippen molar-refractivity contribution in [2.45, 2.75) is 105 Å². The topological polar surface area (TPSA) is 119 Å². The molecule has 1 aliphatic carbocycles. The predicted molar refractivity (Wildman–Crippen MR) is 167 cm³/mol. The summed E-state index contributed by atoms with van der Waals surface area (Å²) < 4.78 is 107. The highest BCUT2D eigenvalue weighted by Gasteiger charge is 2.60. The van der Waals surface area contributed by atoms with Crippen LogP contribution in [0.4, 0.5) is 22.0 Å². The molecule has 0 radical (unpaired) electrons. The van der Waals surface area contributed by atoms with Crippen molar-refractivity contribution in [3.63, 3.8) is 0 Å². The Hall–Kier alpha value is -2.82. The van der Waals surface area contributed by atoms with Crippen LogP contribution in [0.5, 0.6) is 5.75 Å². The van der Waals surface area contributed by atoms with E-state index < -0.39 is 67.1 Å². The SMILES string of the molecule is NC1CC2CCC(C1)N2C(=O)[C@H](N(OC(=O)C(F)(F)F)S(=O)(=O)c1ccc(OCCC2CCCCC2)cc1)C(F)(F)c1ccc(Br)cc1. The second-order valence-electron chi connectivity index (χ2n) is 12.6. The van der Waals surface area contributed by atoms with E-state index in [4.69, 9.17) is 10.5 Å². The molecule has 2 saturated heterocycles. The second kappa shape index (κ2) is 14.6. The molecule has 2 aliphatic heterocycles. The number of alkyl halides is 5. The number of hydrogen-bond donors (Lipinski definition) is 1. The van der Waals surface area contributed by atoms with Gasteiger partial charge in [-0.1, -0.05) is 60.2 Å². The van der Waals surface area contributed by atoms with Gasteiger partial charge in [0.15, 0.2) is 0 Å². The third-order valence-electron chi connectivity index (χ3n) is 9.32. The van der Waals surface area contributed by atoms with Gasteiger partial charge in [0, 0.05) is 28.2 Å². The molecule has 3 fully saturated rings. The highest BCUT2D eigenvalue weighted by molar-refractivity contribution is 9.10. The van der Waals surface area contributed by atoms with Crippen molar-refractivity contribution in [3.8, 4) is 5.75 Å². The van der Waals surface area contributed by atoms with Crippen LogP contribution in [0.2, 0.25) is 0 Å². The van der Waals surface area contributed by atoms with Gasteiger partial charge >= 0.3 is 18.1 Å². The molecule has 0 spiro atoms. The second-order valence-corrected chi connectivity index (χ2v) is 15.3. The predicted octanol–water partition coefficient (Wildman–Crippen LogP) is 6.45. The number of carbonyl (C=O) groups excluding carboxylic acids is 2. The minimum atomic E-state index is -5.79. The highest BCUT2D eigenvalue weighted by atomic mass is 79.9. The van der Waals surface area contributed by atoms with Crippen LogP contribution in [0, 0.1) is 5.92 Å². The normalized spacial score (nSPS) is 22.8. The summed E-state index contributed by atoms with van der Waals surface area (Å²) in [5.41, 5.74) is 5.19. The van der Waals surface area contributed by atoms with Crippen molar-refractivity contribution >= 4 is 37.8 Å². The molecule has 2 bridgehead atoms. The van der Waals surface area contributed by atoms with Gasteiger partial charge in [0.25, 0.3) is 15.9 Å². The van der Waals surface area contributed by atoms with Gasteiger partial charge in [-0.15, -0.1) is 0 Å². The quantitative estimate of drug-likeness (QED) is 0.206. The Morgan fingerprint density at radius 3 is 2.06 bits per heavy atom. The maximum atomic E-state index is 16.6. The van der Waals surface area contributed by atoms with Gasteiger partial charge in [-0.3, -0.25) is 4.79 Å². The van der Waals surface area contributed by atoms with Crippen molar-refractivity contribution in [1.82, 2.24) is 9.37 Å². The van der Waals surface area contributed by atoms with Gasteiger partial charge < -0.3 is 20.2 Å². The molecule has 1 amide bonds. The summed E-state index contributed by atoms with van der Waals surface area (Å²) in [5.74, 6) is -8.36. The molecular weight excluding hydrogens is 729 g/mol. The molecule has 2 aromatic carbocycles. The summed E-state index contributed by atoms with van der Waals surface area (Å²) in [6.07, 6.45) is 1.82. The molecule has 1 saturated carbocycles. The Balaban J connectivity index is 1.52. The highest BCUT2D eigenvalue weighted by Crippen LogP contribution is 2.43. The number of nitrogens with two attached hydrogens (primary N) is 1. The summed E-state index contributed by atoms with van der Waals surface area (Å²) in [4.78, 5) is 31.0. The Kier molecular flexibility index (Phi) is 11.1. The van der Waals surface area contributed by atoms with E-state index in [1.54, 1.807) is 0 Å². The smallest absolute Gasteiger partial charge is 0.492 e. The lowest BCUT2D eigenvalue weighted by molar-refractivity contribution is -0.240. The standard InChI is InChI=1S/C32H37BrF5N3O6S/c33-22-8-6-21(7-9-22)31(34,35)28(29(42)40-24-10-11-25(40)19-23(39)18-24)41(47-30(43)32(36,37)38)48(44,45)27-14-12-26(13-15-27)46-17-16-20-4-2-1-3-5-20/h6-9,12-15,20,23-25,28H,1-5,10-11,16-19,39H2/t23?,24?,25?,28-/m0/s1. The zero-order valence-corrected chi connectivity index (χ0v) is 28.3. The molecule has 0 aromatic heterocycles. The number of amides is 1. The van der Waals surface area contributed by atoms with E-state index in [0.29, 0.717) is 29.8 Å². The lowest BCUT2D eigenvalue weighted by atomic mass is 9.87. The number of rotatable bonds is 11. The van der Waals surface area contributed by atoms with E-state index in [0.717, 1.165) is 61.3 Å². The molecule has 2 N–H and O–H groups in total. The Bertz CT molecular complexity index is 1540. The number of piperidine rings is 1. The molecule has 264 valence electrons. The van der Waals surface area contributed by atoms with Gasteiger partial charge in [-0.2, -0.15) is 22.0 Å². The largest absolute Gasteiger partial charge is 0.494 e.